The predicted octanol–water partition coefficient (Wildman–Crippen LogP) is 2.62. The minimum absolute atomic E-state index is 0.230. The third-order valence-corrected chi connectivity index (χ3v) is 4.91. The van der Waals surface area contributed by atoms with Gasteiger partial charge >= 0.3 is 0 Å². The Morgan fingerprint density at radius 3 is 2.80 bits per heavy atom. The smallest absolute Gasteiger partial charge is 0.257 e. The van der Waals surface area contributed by atoms with Crippen LogP contribution < -0.4 is 10.0 Å². The lowest BCUT2D eigenvalue weighted by Crippen LogP contribution is -2.37. The van der Waals surface area contributed by atoms with E-state index < -0.39 is 0 Å². The Bertz CT molecular complexity index is 732. The summed E-state index contributed by atoms with van der Waals surface area (Å²) < 4.78 is 0.639. The van der Waals surface area contributed by atoms with Crippen LogP contribution in [0.3, 0.4) is 0 Å². The Morgan fingerprint density at radius 1 is 1.24 bits per heavy atom. The molecule has 25 heavy (non-hydrogen) atoms. The minimum atomic E-state index is -0.230. The lowest BCUT2D eigenvalue weighted by Gasteiger charge is -2.33. The van der Waals surface area contributed by atoms with Crippen LogP contribution in [0, 0.1) is 5.21 Å². The van der Waals surface area contributed by atoms with Crippen molar-refractivity contribution in [1.29, 1.82) is 0 Å². The molecule has 2 aromatic rings. The highest BCUT2D eigenvalue weighted by Gasteiger charge is 2.19. The van der Waals surface area contributed by atoms with Crippen LogP contribution in [-0.4, -0.2) is 23.4 Å². The molecule has 3 rings (SSSR count). The highest BCUT2D eigenvalue weighted by Crippen LogP contribution is 2.20. The average Bonchev–Trinajstić information content (AvgIpc) is 2.62. The van der Waals surface area contributed by atoms with Gasteiger partial charge in [0.15, 0.2) is 12.4 Å². The fourth-order valence-corrected chi connectivity index (χ4v) is 3.36. The number of hydrogen-bond donors (Lipinski definition) is 1. The van der Waals surface area contributed by atoms with Crippen molar-refractivity contribution in [2.75, 3.05) is 6.54 Å². The molecule has 1 N–H and O–H groups in total. The van der Waals surface area contributed by atoms with Crippen LogP contribution in [0.1, 0.15) is 47.7 Å². The summed E-state index contributed by atoms with van der Waals surface area (Å²) in [5.41, 5.74) is 2.75. The third kappa shape index (κ3) is 4.57. The molecule has 0 spiro atoms. The van der Waals surface area contributed by atoms with E-state index in [-0.39, 0.29) is 5.91 Å². The van der Waals surface area contributed by atoms with Crippen LogP contribution in [-0.2, 0) is 13.1 Å². The Hall–Kier alpha value is -2.40. The van der Waals surface area contributed by atoms with Crippen molar-refractivity contribution in [1.82, 2.24) is 10.2 Å². The van der Waals surface area contributed by atoms with E-state index in [1.807, 2.05) is 12.1 Å². The molecule has 0 bridgehead atoms. The van der Waals surface area contributed by atoms with Gasteiger partial charge in [0.2, 0.25) is 0 Å². The topological polar surface area (TPSA) is 59.3 Å². The molecule has 0 unspecified atom stereocenters. The SMILES string of the molecule is C[C@H]1CCCCN1Cc1ccccc1CNC(=O)c1ccc[n+]([O-])c1. The standard InChI is InChI=1S/C20H25N3O2/c1-16-7-4-5-11-22(16)14-18-9-3-2-8-17(18)13-21-20(24)19-10-6-12-23(25)15-19/h2-3,6,8-10,12,15-16H,4-5,7,11,13-14H2,1H3,(H,21,24)/t16-/m0/s1. The van der Waals surface area contributed by atoms with Gasteiger partial charge in [-0.15, -0.1) is 0 Å². The van der Waals surface area contributed by atoms with Crippen LogP contribution in [0.4, 0.5) is 0 Å². The van der Waals surface area contributed by atoms with E-state index in [0.29, 0.717) is 22.9 Å². The fraction of sp³-hybridized carbons (Fsp3) is 0.400. The zero-order valence-corrected chi connectivity index (χ0v) is 14.6. The summed E-state index contributed by atoms with van der Waals surface area (Å²) in [5.74, 6) is -0.230. The maximum atomic E-state index is 12.2. The molecule has 1 aliphatic rings. The van der Waals surface area contributed by atoms with Crippen molar-refractivity contribution < 1.29 is 9.52 Å². The summed E-state index contributed by atoms with van der Waals surface area (Å²) in [4.78, 5) is 14.8. The number of piperidine rings is 1. The summed E-state index contributed by atoms with van der Waals surface area (Å²) >= 11 is 0. The zero-order chi connectivity index (χ0) is 17.6. The van der Waals surface area contributed by atoms with Gasteiger partial charge in [0, 0.05) is 25.2 Å². The van der Waals surface area contributed by atoms with Crippen LogP contribution in [0.15, 0.2) is 48.8 Å². The molecule has 1 saturated heterocycles. The second-order valence-corrected chi connectivity index (χ2v) is 6.72. The maximum absolute atomic E-state index is 12.2. The molecule has 5 nitrogen and oxygen atoms in total. The van der Waals surface area contributed by atoms with Crippen LogP contribution in [0.2, 0.25) is 0 Å². The second kappa shape index (κ2) is 8.12. The molecule has 1 aromatic carbocycles. The molecule has 132 valence electrons. The number of nitrogens with zero attached hydrogens (tertiary/aromatic N) is 2. The van der Waals surface area contributed by atoms with Crippen molar-refractivity contribution in [3.63, 3.8) is 0 Å². The molecular formula is C20H25N3O2. The number of amides is 1. The fourth-order valence-electron chi connectivity index (χ4n) is 3.36. The first-order valence-electron chi connectivity index (χ1n) is 8.91. The van der Waals surface area contributed by atoms with Gasteiger partial charge in [-0.25, -0.2) is 0 Å². The van der Waals surface area contributed by atoms with Crippen molar-refractivity contribution in [3.8, 4) is 0 Å². The molecule has 1 fully saturated rings. The van der Waals surface area contributed by atoms with Gasteiger partial charge in [-0.05, 0) is 43.5 Å². The van der Waals surface area contributed by atoms with E-state index in [0.717, 1.165) is 18.7 Å². The Balaban J connectivity index is 1.65. The molecule has 1 aliphatic heterocycles. The number of nitrogens with one attached hydrogen (secondary N) is 1. The van der Waals surface area contributed by atoms with Gasteiger partial charge in [0.05, 0.1) is 0 Å². The Morgan fingerprint density at radius 2 is 2.04 bits per heavy atom. The van der Waals surface area contributed by atoms with Gasteiger partial charge in [0.25, 0.3) is 5.91 Å². The number of rotatable bonds is 5. The molecule has 0 radical (unpaired) electrons. The van der Waals surface area contributed by atoms with Gasteiger partial charge in [-0.2, -0.15) is 4.73 Å². The average molecular weight is 339 g/mol. The molecule has 5 heteroatoms. The zero-order valence-electron chi connectivity index (χ0n) is 14.6. The number of pyridine rings is 1. The van der Waals surface area contributed by atoms with Gasteiger partial charge < -0.3 is 10.5 Å². The van der Waals surface area contributed by atoms with Gasteiger partial charge in [-0.1, -0.05) is 30.7 Å². The normalized spacial score (nSPS) is 18.0. The van der Waals surface area contributed by atoms with Gasteiger partial charge in [-0.3, -0.25) is 9.69 Å². The first-order chi connectivity index (χ1) is 12.1. The summed E-state index contributed by atoms with van der Waals surface area (Å²) in [5, 5.41) is 14.2. The van der Waals surface area contributed by atoms with Crippen LogP contribution in [0.25, 0.3) is 0 Å². The third-order valence-electron chi connectivity index (χ3n) is 4.91. The highest BCUT2D eigenvalue weighted by molar-refractivity contribution is 5.93. The number of carbonyl (C=O) groups is 1. The number of likely N-dealkylation sites (tertiary alicyclic amines) is 1. The summed E-state index contributed by atoms with van der Waals surface area (Å²) in [6.45, 7) is 4.80. The largest absolute Gasteiger partial charge is 0.619 e. The summed E-state index contributed by atoms with van der Waals surface area (Å²) in [6.07, 6.45) is 6.48. The quantitative estimate of drug-likeness (QED) is 0.673. The van der Waals surface area contributed by atoms with Crippen molar-refractivity contribution in [3.05, 3.63) is 70.7 Å². The number of aromatic nitrogens is 1. The first kappa shape index (κ1) is 17.4. The monoisotopic (exact) mass is 339 g/mol. The molecule has 1 aromatic heterocycles. The molecule has 2 heterocycles. The lowest BCUT2D eigenvalue weighted by molar-refractivity contribution is -0.605. The van der Waals surface area contributed by atoms with E-state index in [2.05, 4.69) is 29.3 Å². The second-order valence-electron chi connectivity index (χ2n) is 6.72. The van der Waals surface area contributed by atoms with Gasteiger partial charge in [0.1, 0.15) is 5.56 Å². The number of carbonyl (C=O) groups excluding carboxylic acids is 1. The number of benzene rings is 1. The maximum Gasteiger partial charge on any atom is 0.257 e. The first-order valence-corrected chi connectivity index (χ1v) is 8.91. The van der Waals surface area contributed by atoms with Crippen molar-refractivity contribution in [2.45, 2.75) is 45.3 Å². The predicted molar refractivity (Wildman–Crippen MR) is 96.7 cm³/mol. The summed E-state index contributed by atoms with van der Waals surface area (Å²) in [7, 11) is 0. The number of hydrogen-bond acceptors (Lipinski definition) is 3. The van der Waals surface area contributed by atoms with E-state index in [9.17, 15) is 10.0 Å². The minimum Gasteiger partial charge on any atom is -0.619 e. The Labute approximate surface area is 148 Å². The van der Waals surface area contributed by atoms with Crippen molar-refractivity contribution >= 4 is 5.91 Å². The molecule has 0 aliphatic carbocycles. The van der Waals surface area contributed by atoms with Crippen LogP contribution >= 0.6 is 0 Å². The molecular weight excluding hydrogens is 314 g/mol. The van der Waals surface area contributed by atoms with E-state index in [1.54, 1.807) is 12.1 Å². The molecule has 1 amide bonds. The summed E-state index contributed by atoms with van der Waals surface area (Å²) in [6, 6.07) is 12.1. The van der Waals surface area contributed by atoms with Crippen LogP contribution in [0.5, 0.6) is 0 Å². The van der Waals surface area contributed by atoms with E-state index >= 15 is 0 Å². The van der Waals surface area contributed by atoms with E-state index in [1.165, 1.54) is 37.2 Å². The lowest BCUT2D eigenvalue weighted by atomic mass is 10.0. The highest BCUT2D eigenvalue weighted by atomic mass is 16.5. The molecule has 0 saturated carbocycles. The molecule has 1 atom stereocenters. The Kier molecular flexibility index (Phi) is 5.66. The van der Waals surface area contributed by atoms with E-state index in [4.69, 9.17) is 0 Å². The van der Waals surface area contributed by atoms with Crippen molar-refractivity contribution in [2.24, 2.45) is 0 Å².